The van der Waals surface area contributed by atoms with Crippen LogP contribution in [0.2, 0.25) is 0 Å². The lowest BCUT2D eigenvalue weighted by Crippen LogP contribution is -2.19. The van der Waals surface area contributed by atoms with Gasteiger partial charge in [0.15, 0.2) is 4.88 Å². The van der Waals surface area contributed by atoms with Crippen LogP contribution in [0.1, 0.15) is 32.3 Å². The van der Waals surface area contributed by atoms with Crippen molar-refractivity contribution in [3.8, 4) is 22.4 Å². The molecule has 1 aliphatic carbocycles. The zero-order chi connectivity index (χ0) is 25.4. The summed E-state index contributed by atoms with van der Waals surface area (Å²) in [6.45, 7) is -0.0152. The standard InChI is InChI=1S/C26H17F3N2O4S/c27-26(28,29)15-7-5-6-14(12-15)21-22(23(24(32)33)36-31-21)30-25(34)35-13-20-18-10-3-1-8-16(18)17-9-2-4-11-19(17)20/h1-12,20H,13H2,(H,30,34)(H,32,33). The third-order valence-corrected chi connectivity index (χ3v) is 6.76. The number of fused-ring (bicyclic) bond motifs is 3. The molecular formula is C26H17F3N2O4S. The number of carboxylic acid groups (broad SMARTS) is 1. The number of nitrogens with one attached hydrogen (secondary N) is 1. The van der Waals surface area contributed by atoms with Gasteiger partial charge in [0.25, 0.3) is 0 Å². The summed E-state index contributed by atoms with van der Waals surface area (Å²) < 4.78 is 49.0. The van der Waals surface area contributed by atoms with Crippen molar-refractivity contribution in [1.82, 2.24) is 4.37 Å². The van der Waals surface area contributed by atoms with Crippen LogP contribution >= 0.6 is 11.5 Å². The van der Waals surface area contributed by atoms with Crippen molar-refractivity contribution >= 4 is 29.3 Å². The fourth-order valence-corrected chi connectivity index (χ4v) is 5.02. The van der Waals surface area contributed by atoms with Crippen LogP contribution in [0.25, 0.3) is 22.4 Å². The van der Waals surface area contributed by atoms with E-state index in [0.29, 0.717) is 11.5 Å². The number of alkyl halides is 3. The lowest BCUT2D eigenvalue weighted by atomic mass is 9.98. The monoisotopic (exact) mass is 510 g/mol. The highest BCUT2D eigenvalue weighted by molar-refractivity contribution is 7.09. The van der Waals surface area contributed by atoms with E-state index in [-0.39, 0.29) is 34.3 Å². The van der Waals surface area contributed by atoms with Crippen LogP contribution in [0.15, 0.2) is 72.8 Å². The molecule has 0 atom stereocenters. The van der Waals surface area contributed by atoms with Gasteiger partial charge < -0.3 is 9.84 Å². The number of nitrogens with zero attached hydrogens (tertiary/aromatic N) is 1. The number of benzene rings is 3. The lowest BCUT2D eigenvalue weighted by Gasteiger charge is -2.15. The Morgan fingerprint density at radius 1 is 0.972 bits per heavy atom. The van der Waals surface area contributed by atoms with Gasteiger partial charge in [-0.1, -0.05) is 60.7 Å². The molecular weight excluding hydrogens is 493 g/mol. The molecule has 0 unspecified atom stereocenters. The van der Waals surface area contributed by atoms with Gasteiger partial charge in [-0.25, -0.2) is 9.59 Å². The van der Waals surface area contributed by atoms with E-state index in [0.717, 1.165) is 34.4 Å². The van der Waals surface area contributed by atoms with E-state index in [4.69, 9.17) is 4.74 Å². The zero-order valence-electron chi connectivity index (χ0n) is 18.4. The first-order valence-corrected chi connectivity index (χ1v) is 11.5. The quantitative estimate of drug-likeness (QED) is 0.305. The molecule has 0 saturated heterocycles. The summed E-state index contributed by atoms with van der Waals surface area (Å²) in [7, 11) is 0. The highest BCUT2D eigenvalue weighted by Gasteiger charge is 2.32. The molecule has 0 fully saturated rings. The number of halogens is 3. The molecule has 0 aliphatic heterocycles. The van der Waals surface area contributed by atoms with Gasteiger partial charge in [0.1, 0.15) is 12.3 Å². The zero-order valence-corrected chi connectivity index (χ0v) is 19.2. The summed E-state index contributed by atoms with van der Waals surface area (Å²) in [4.78, 5) is 24.1. The minimum Gasteiger partial charge on any atom is -0.477 e. The number of amides is 1. The second-order valence-electron chi connectivity index (χ2n) is 8.07. The van der Waals surface area contributed by atoms with Gasteiger partial charge in [-0.2, -0.15) is 17.5 Å². The van der Waals surface area contributed by atoms with Crippen LogP contribution in [-0.4, -0.2) is 28.1 Å². The average molecular weight is 510 g/mol. The number of aromatic carboxylic acids is 1. The number of carbonyl (C=O) groups is 2. The third-order valence-electron chi connectivity index (χ3n) is 5.92. The van der Waals surface area contributed by atoms with E-state index in [1.54, 1.807) is 0 Å². The fourth-order valence-electron chi connectivity index (χ4n) is 4.33. The Morgan fingerprint density at radius 3 is 2.22 bits per heavy atom. The minimum atomic E-state index is -4.60. The molecule has 1 aromatic heterocycles. The maximum atomic E-state index is 13.2. The molecule has 1 heterocycles. The van der Waals surface area contributed by atoms with Gasteiger partial charge in [-0.3, -0.25) is 5.32 Å². The summed E-state index contributed by atoms with van der Waals surface area (Å²) in [5.74, 6) is -1.59. The van der Waals surface area contributed by atoms with Gasteiger partial charge in [-0.05, 0) is 45.9 Å². The number of carboxylic acids is 1. The van der Waals surface area contributed by atoms with Crippen molar-refractivity contribution in [1.29, 1.82) is 0 Å². The van der Waals surface area contributed by atoms with Crippen LogP contribution in [-0.2, 0) is 10.9 Å². The SMILES string of the molecule is O=C(Nc1c(-c2cccc(C(F)(F)F)c2)nsc1C(=O)O)OCC1c2ccccc2-c2ccccc21. The third kappa shape index (κ3) is 4.31. The Kier molecular flexibility index (Phi) is 5.97. The van der Waals surface area contributed by atoms with Crippen molar-refractivity contribution in [2.75, 3.05) is 11.9 Å². The first kappa shape index (κ1) is 23.6. The maximum absolute atomic E-state index is 13.2. The number of anilines is 1. The predicted octanol–water partition coefficient (Wildman–Crippen LogP) is 6.89. The predicted molar refractivity (Wildman–Crippen MR) is 128 cm³/mol. The molecule has 2 N–H and O–H groups in total. The van der Waals surface area contributed by atoms with Crippen molar-refractivity contribution in [3.63, 3.8) is 0 Å². The van der Waals surface area contributed by atoms with Crippen molar-refractivity contribution < 1.29 is 32.6 Å². The first-order chi connectivity index (χ1) is 17.2. The summed E-state index contributed by atoms with van der Waals surface area (Å²) >= 11 is 0.558. The second kappa shape index (κ2) is 9.12. The topological polar surface area (TPSA) is 88.5 Å². The Balaban J connectivity index is 1.40. The number of hydrogen-bond donors (Lipinski definition) is 2. The minimum absolute atomic E-state index is 0.0152. The largest absolute Gasteiger partial charge is 0.477 e. The van der Waals surface area contributed by atoms with E-state index in [1.165, 1.54) is 12.1 Å². The average Bonchev–Trinajstić information content (AvgIpc) is 3.42. The molecule has 10 heteroatoms. The van der Waals surface area contributed by atoms with Gasteiger partial charge in [0.05, 0.1) is 11.3 Å². The smallest absolute Gasteiger partial charge is 0.416 e. The van der Waals surface area contributed by atoms with Gasteiger partial charge >= 0.3 is 18.2 Å². The Hall–Kier alpha value is -4.18. The first-order valence-electron chi connectivity index (χ1n) is 10.8. The van der Waals surface area contributed by atoms with E-state index in [2.05, 4.69) is 9.69 Å². The number of ether oxygens (including phenoxy) is 1. The van der Waals surface area contributed by atoms with Gasteiger partial charge in [-0.15, -0.1) is 0 Å². The van der Waals surface area contributed by atoms with E-state index in [1.807, 2.05) is 48.5 Å². The molecule has 6 nitrogen and oxygen atoms in total. The van der Waals surface area contributed by atoms with E-state index < -0.39 is 23.8 Å². The van der Waals surface area contributed by atoms with Crippen molar-refractivity contribution in [3.05, 3.63) is 94.4 Å². The molecule has 5 rings (SSSR count). The molecule has 182 valence electrons. The van der Waals surface area contributed by atoms with Crippen LogP contribution in [0.3, 0.4) is 0 Å². The van der Waals surface area contributed by atoms with Gasteiger partial charge in [0, 0.05) is 11.5 Å². The number of carbonyl (C=O) groups excluding carboxylic acids is 1. The Bertz CT molecular complexity index is 1440. The van der Waals surface area contributed by atoms with Crippen LogP contribution < -0.4 is 5.32 Å². The van der Waals surface area contributed by atoms with Crippen LogP contribution in [0.5, 0.6) is 0 Å². The number of hydrogen-bond acceptors (Lipinski definition) is 5. The normalized spacial score (nSPS) is 12.6. The maximum Gasteiger partial charge on any atom is 0.416 e. The fraction of sp³-hybridized carbons (Fsp3) is 0.115. The second-order valence-corrected chi connectivity index (χ2v) is 8.84. The molecule has 0 bridgehead atoms. The van der Waals surface area contributed by atoms with E-state index in [9.17, 15) is 27.9 Å². The summed E-state index contributed by atoms with van der Waals surface area (Å²) in [5.41, 5.74) is 2.88. The van der Waals surface area contributed by atoms with Gasteiger partial charge in [0.2, 0.25) is 0 Å². The Labute approximate surface area is 207 Å². The molecule has 0 spiro atoms. The van der Waals surface area contributed by atoms with Crippen LogP contribution in [0, 0.1) is 0 Å². The van der Waals surface area contributed by atoms with Crippen LogP contribution in [0.4, 0.5) is 23.7 Å². The summed E-state index contributed by atoms with van der Waals surface area (Å²) in [6.07, 6.45) is -5.53. The lowest BCUT2D eigenvalue weighted by molar-refractivity contribution is -0.137. The van der Waals surface area contributed by atoms with Crippen molar-refractivity contribution in [2.24, 2.45) is 0 Å². The highest BCUT2D eigenvalue weighted by Crippen LogP contribution is 2.44. The van der Waals surface area contributed by atoms with E-state index >= 15 is 0 Å². The Morgan fingerprint density at radius 2 is 1.61 bits per heavy atom. The summed E-state index contributed by atoms with van der Waals surface area (Å²) in [5, 5.41) is 11.9. The molecule has 0 saturated carbocycles. The molecule has 36 heavy (non-hydrogen) atoms. The molecule has 3 aromatic carbocycles. The molecule has 0 radical (unpaired) electrons. The number of rotatable bonds is 5. The summed E-state index contributed by atoms with van der Waals surface area (Å²) in [6, 6.07) is 19.8. The molecule has 1 aliphatic rings. The highest BCUT2D eigenvalue weighted by atomic mass is 32.1. The number of aromatic nitrogens is 1. The molecule has 4 aromatic rings. The van der Waals surface area contributed by atoms with Crippen molar-refractivity contribution in [2.45, 2.75) is 12.1 Å². The molecule has 1 amide bonds.